The molecule has 158 valence electrons. The molecule has 0 bridgehead atoms. The minimum atomic E-state index is -0.685. The lowest BCUT2D eigenvalue weighted by Gasteiger charge is -2.20. The van der Waals surface area contributed by atoms with Gasteiger partial charge < -0.3 is 15.1 Å². The zero-order valence-corrected chi connectivity index (χ0v) is 17.0. The second-order valence-corrected chi connectivity index (χ2v) is 8.13. The van der Waals surface area contributed by atoms with Crippen LogP contribution in [-0.2, 0) is 16.1 Å². The average Bonchev–Trinajstić information content (AvgIpc) is 3.34. The van der Waals surface area contributed by atoms with Crippen LogP contribution in [0.1, 0.15) is 30.4 Å². The maximum Gasteiger partial charge on any atom is 0.229 e. The van der Waals surface area contributed by atoms with Gasteiger partial charge in [0.2, 0.25) is 11.8 Å². The summed E-state index contributed by atoms with van der Waals surface area (Å²) in [5.41, 5.74) is 2.17. The first-order chi connectivity index (χ1) is 14.4. The lowest BCUT2D eigenvalue weighted by molar-refractivity contribution is -0.128. The average molecular weight is 413 g/mol. The fraction of sp³-hybridized carbons (Fsp3) is 0.391. The van der Waals surface area contributed by atoms with Gasteiger partial charge in [-0.15, -0.1) is 0 Å². The molecule has 0 radical (unpaired) electrons. The number of hydrogen-bond acceptors (Lipinski definition) is 3. The van der Waals surface area contributed by atoms with Gasteiger partial charge in [0, 0.05) is 38.3 Å². The molecule has 4 rings (SSSR count). The minimum absolute atomic E-state index is 0.0363. The summed E-state index contributed by atoms with van der Waals surface area (Å²) in [5.74, 6) is -2.42. The Bertz CT molecular complexity index is 932. The highest BCUT2D eigenvalue weighted by atomic mass is 19.1. The molecule has 5 nitrogen and oxygen atoms in total. The van der Waals surface area contributed by atoms with Crippen molar-refractivity contribution in [2.24, 2.45) is 5.92 Å². The van der Waals surface area contributed by atoms with Gasteiger partial charge in [-0.3, -0.25) is 9.59 Å². The van der Waals surface area contributed by atoms with E-state index in [0.29, 0.717) is 19.6 Å². The summed E-state index contributed by atoms with van der Waals surface area (Å²) in [6, 6.07) is 10.2. The molecule has 2 aromatic carbocycles. The summed E-state index contributed by atoms with van der Waals surface area (Å²) < 4.78 is 29.0. The van der Waals surface area contributed by atoms with Gasteiger partial charge in [-0.25, -0.2) is 8.78 Å². The van der Waals surface area contributed by atoms with E-state index in [-0.39, 0.29) is 30.2 Å². The lowest BCUT2D eigenvalue weighted by Crippen LogP contribution is -2.28. The van der Waals surface area contributed by atoms with Gasteiger partial charge in [0.15, 0.2) is 11.6 Å². The number of halogens is 2. The molecule has 0 saturated carbocycles. The number of carbonyl (C=O) groups excluding carboxylic acids is 2. The normalized spacial score (nSPS) is 18.9. The van der Waals surface area contributed by atoms with Crippen LogP contribution in [0.4, 0.5) is 20.2 Å². The zero-order valence-electron chi connectivity index (χ0n) is 17.0. The minimum Gasteiger partial charge on any atom is -0.367 e. The van der Waals surface area contributed by atoms with Crippen LogP contribution in [0.2, 0.25) is 0 Å². The quantitative estimate of drug-likeness (QED) is 0.810. The lowest BCUT2D eigenvalue weighted by atomic mass is 10.1. The number of amides is 2. The zero-order chi connectivity index (χ0) is 21.3. The van der Waals surface area contributed by atoms with Crippen molar-refractivity contribution in [1.82, 2.24) is 4.90 Å². The third kappa shape index (κ3) is 4.30. The molecule has 30 heavy (non-hydrogen) atoms. The van der Waals surface area contributed by atoms with Gasteiger partial charge in [0.25, 0.3) is 0 Å². The Morgan fingerprint density at radius 1 is 1.10 bits per heavy atom. The van der Waals surface area contributed by atoms with Gasteiger partial charge in [-0.05, 0) is 37.5 Å². The number of hydrogen-bond donors (Lipinski definition) is 1. The Kier molecular flexibility index (Phi) is 5.70. The third-order valence-electron chi connectivity index (χ3n) is 5.79. The molecule has 2 fully saturated rings. The highest BCUT2D eigenvalue weighted by Crippen LogP contribution is 2.30. The molecule has 2 aromatic rings. The van der Waals surface area contributed by atoms with Crippen LogP contribution in [0, 0.1) is 24.5 Å². The maximum atomic E-state index is 14.5. The summed E-state index contributed by atoms with van der Waals surface area (Å²) in [6.45, 7) is 3.97. The summed E-state index contributed by atoms with van der Waals surface area (Å²) in [5, 5.41) is 2.58. The molecule has 1 unspecified atom stereocenters. The number of rotatable bonds is 5. The van der Waals surface area contributed by atoms with Gasteiger partial charge in [-0.1, -0.05) is 29.8 Å². The van der Waals surface area contributed by atoms with Crippen LogP contribution in [0.5, 0.6) is 0 Å². The van der Waals surface area contributed by atoms with E-state index >= 15 is 0 Å². The highest BCUT2D eigenvalue weighted by molar-refractivity contribution is 5.97. The molecule has 2 saturated heterocycles. The van der Waals surface area contributed by atoms with Crippen molar-refractivity contribution < 1.29 is 18.4 Å². The summed E-state index contributed by atoms with van der Waals surface area (Å²) in [4.78, 5) is 28.3. The molecule has 0 aromatic heterocycles. The van der Waals surface area contributed by atoms with Crippen LogP contribution in [0.25, 0.3) is 0 Å². The Morgan fingerprint density at radius 2 is 1.73 bits per heavy atom. The number of nitrogens with one attached hydrogen (secondary N) is 1. The van der Waals surface area contributed by atoms with Gasteiger partial charge in [-0.2, -0.15) is 0 Å². The molecule has 0 spiro atoms. The van der Waals surface area contributed by atoms with Crippen molar-refractivity contribution in [2.75, 3.05) is 29.9 Å². The Hall–Kier alpha value is -2.96. The summed E-state index contributed by atoms with van der Waals surface area (Å²) >= 11 is 0. The molecule has 0 aliphatic carbocycles. The number of benzene rings is 2. The summed E-state index contributed by atoms with van der Waals surface area (Å²) in [6.07, 6.45) is 1.91. The van der Waals surface area contributed by atoms with Crippen LogP contribution < -0.4 is 10.2 Å². The van der Waals surface area contributed by atoms with E-state index in [1.807, 2.05) is 31.2 Å². The Morgan fingerprint density at radius 3 is 2.37 bits per heavy atom. The summed E-state index contributed by atoms with van der Waals surface area (Å²) in [7, 11) is 0. The highest BCUT2D eigenvalue weighted by Gasteiger charge is 2.34. The molecular formula is C23H25F2N3O2. The second-order valence-electron chi connectivity index (χ2n) is 8.13. The predicted octanol–water partition coefficient (Wildman–Crippen LogP) is 3.86. The van der Waals surface area contributed by atoms with Crippen LogP contribution >= 0.6 is 0 Å². The molecule has 2 amide bonds. The van der Waals surface area contributed by atoms with Crippen molar-refractivity contribution in [3.05, 3.63) is 59.2 Å². The van der Waals surface area contributed by atoms with Crippen LogP contribution in [0.15, 0.2) is 36.4 Å². The first-order valence-electron chi connectivity index (χ1n) is 10.3. The van der Waals surface area contributed by atoms with Crippen molar-refractivity contribution in [2.45, 2.75) is 32.7 Å². The van der Waals surface area contributed by atoms with Crippen molar-refractivity contribution in [3.63, 3.8) is 0 Å². The van der Waals surface area contributed by atoms with E-state index < -0.39 is 23.5 Å². The number of aryl methyl sites for hydroxylation is 1. The molecule has 2 aliphatic heterocycles. The largest absolute Gasteiger partial charge is 0.367 e. The number of carbonyl (C=O) groups is 2. The first kappa shape index (κ1) is 20.3. The maximum absolute atomic E-state index is 14.5. The predicted molar refractivity (Wildman–Crippen MR) is 111 cm³/mol. The molecule has 2 heterocycles. The van der Waals surface area contributed by atoms with E-state index in [2.05, 4.69) is 5.32 Å². The van der Waals surface area contributed by atoms with Crippen LogP contribution in [-0.4, -0.2) is 36.3 Å². The molecule has 2 aliphatic rings. The van der Waals surface area contributed by atoms with Gasteiger partial charge in [0.1, 0.15) is 5.69 Å². The number of anilines is 2. The van der Waals surface area contributed by atoms with E-state index in [0.717, 1.165) is 36.1 Å². The smallest absolute Gasteiger partial charge is 0.229 e. The van der Waals surface area contributed by atoms with Crippen molar-refractivity contribution in [3.8, 4) is 0 Å². The van der Waals surface area contributed by atoms with Gasteiger partial charge >= 0.3 is 0 Å². The van der Waals surface area contributed by atoms with E-state index in [1.165, 1.54) is 0 Å². The molecule has 7 heteroatoms. The second kappa shape index (κ2) is 8.42. The van der Waals surface area contributed by atoms with E-state index in [1.54, 1.807) is 9.80 Å². The van der Waals surface area contributed by atoms with E-state index in [9.17, 15) is 18.4 Å². The molecular weight excluding hydrogens is 388 g/mol. The van der Waals surface area contributed by atoms with Crippen LogP contribution in [0.3, 0.4) is 0 Å². The van der Waals surface area contributed by atoms with E-state index in [4.69, 9.17) is 0 Å². The molecule has 1 N–H and O–H groups in total. The first-order valence-corrected chi connectivity index (χ1v) is 10.3. The number of likely N-dealkylation sites (tertiary alicyclic amines) is 1. The van der Waals surface area contributed by atoms with Crippen molar-refractivity contribution in [1.29, 1.82) is 0 Å². The fourth-order valence-corrected chi connectivity index (χ4v) is 4.14. The third-order valence-corrected chi connectivity index (χ3v) is 5.79. The SMILES string of the molecule is Cc1ccc(CN2CC(C(=O)Nc3cc(F)c(N4CCCC4)c(F)c3)CC2=O)cc1. The molecule has 1 atom stereocenters. The van der Waals surface area contributed by atoms with Gasteiger partial charge in [0.05, 0.1) is 5.92 Å². The monoisotopic (exact) mass is 413 g/mol. The Balaban J connectivity index is 1.40. The van der Waals surface area contributed by atoms with Crippen molar-refractivity contribution >= 4 is 23.2 Å². The fourth-order valence-electron chi connectivity index (χ4n) is 4.14. The standard InChI is InChI=1S/C23H25F2N3O2/c1-15-4-6-16(7-5-15)13-28-14-17(10-21(28)29)23(30)26-18-11-19(24)22(20(25)12-18)27-8-2-3-9-27/h4-7,11-12,17H,2-3,8-10,13-14H2,1H3,(H,26,30). The topological polar surface area (TPSA) is 52.7 Å². The number of nitrogens with zero attached hydrogens (tertiary/aromatic N) is 2. The Labute approximate surface area is 174 Å².